The van der Waals surface area contributed by atoms with Crippen molar-refractivity contribution >= 4 is 27.4 Å². The van der Waals surface area contributed by atoms with Gasteiger partial charge in [-0.25, -0.2) is 4.39 Å². The summed E-state index contributed by atoms with van der Waals surface area (Å²) in [6, 6.07) is 28.5. The van der Waals surface area contributed by atoms with Crippen molar-refractivity contribution in [3.05, 3.63) is 115 Å². The number of aromatic hydroxyl groups is 1. The highest BCUT2D eigenvalue weighted by atomic mass is 32.1. The number of rotatable bonds is 11. The number of benzene rings is 4. The van der Waals surface area contributed by atoms with E-state index in [0.717, 1.165) is 37.3 Å². The molecule has 0 bridgehead atoms. The van der Waals surface area contributed by atoms with Gasteiger partial charge in [0.25, 0.3) is 0 Å². The first-order chi connectivity index (χ1) is 21.4. The van der Waals surface area contributed by atoms with Gasteiger partial charge in [0, 0.05) is 21.8 Å². The van der Waals surface area contributed by atoms with Gasteiger partial charge in [-0.05, 0) is 78.7 Å². The zero-order valence-corrected chi connectivity index (χ0v) is 24.7. The standard InChI is InChI=1S/C35H29FN2O5S/c1-2-41-33(40)21-23-3-5-24(6-4-23)31-17-18-38(37-31)19-20-42-28-12-14-29(15-13-28)43-34-30-16-11-27(39)22-32(30)44-35(34)25-7-9-26(36)10-8-25/h3-18,22,39H,2,19-21H2,1H3. The molecule has 0 saturated heterocycles. The molecule has 1 N–H and O–H groups in total. The Morgan fingerprint density at radius 3 is 2.39 bits per heavy atom. The lowest BCUT2D eigenvalue weighted by Crippen LogP contribution is -2.08. The molecule has 7 nitrogen and oxygen atoms in total. The molecule has 2 heterocycles. The van der Waals surface area contributed by atoms with E-state index in [1.807, 2.05) is 71.5 Å². The summed E-state index contributed by atoms with van der Waals surface area (Å²) in [5.74, 6) is 1.59. The maximum atomic E-state index is 13.6. The predicted octanol–water partition coefficient (Wildman–Crippen LogP) is 8.25. The van der Waals surface area contributed by atoms with Gasteiger partial charge in [-0.2, -0.15) is 5.10 Å². The quantitative estimate of drug-likeness (QED) is 0.149. The number of ether oxygens (including phenoxy) is 3. The Kier molecular flexibility index (Phi) is 8.56. The zero-order chi connectivity index (χ0) is 30.5. The molecule has 0 atom stereocenters. The lowest BCUT2D eigenvalue weighted by molar-refractivity contribution is -0.142. The number of phenolic OH excluding ortho intramolecular Hbond substituents is 1. The maximum Gasteiger partial charge on any atom is 0.310 e. The first kappa shape index (κ1) is 28.9. The summed E-state index contributed by atoms with van der Waals surface area (Å²) in [5.41, 5.74) is 3.53. The molecule has 0 aliphatic heterocycles. The molecule has 0 amide bonds. The van der Waals surface area contributed by atoms with E-state index in [4.69, 9.17) is 14.2 Å². The number of nitrogens with zero attached hydrogens (tertiary/aromatic N) is 2. The van der Waals surface area contributed by atoms with Crippen LogP contribution in [0.4, 0.5) is 4.39 Å². The van der Waals surface area contributed by atoms with Crippen LogP contribution in [-0.4, -0.2) is 34.1 Å². The third-order valence-electron chi connectivity index (χ3n) is 6.91. The van der Waals surface area contributed by atoms with Gasteiger partial charge >= 0.3 is 5.97 Å². The number of esters is 1. The number of hydrogen-bond acceptors (Lipinski definition) is 7. The van der Waals surface area contributed by atoms with Crippen LogP contribution < -0.4 is 9.47 Å². The van der Waals surface area contributed by atoms with E-state index >= 15 is 0 Å². The van der Waals surface area contributed by atoms with Crippen molar-refractivity contribution in [1.82, 2.24) is 9.78 Å². The van der Waals surface area contributed by atoms with Crippen LogP contribution in [0.25, 0.3) is 31.8 Å². The molecule has 0 spiro atoms. The van der Waals surface area contributed by atoms with E-state index in [9.17, 15) is 14.3 Å². The highest BCUT2D eigenvalue weighted by Gasteiger charge is 2.17. The van der Waals surface area contributed by atoms with Gasteiger partial charge in [0.15, 0.2) is 5.75 Å². The number of aromatic nitrogens is 2. The summed E-state index contributed by atoms with van der Waals surface area (Å²) in [4.78, 5) is 12.5. The maximum absolute atomic E-state index is 13.6. The number of carbonyl (C=O) groups is 1. The van der Waals surface area contributed by atoms with Gasteiger partial charge in [-0.15, -0.1) is 11.3 Å². The van der Waals surface area contributed by atoms with Gasteiger partial charge in [0.1, 0.15) is 29.7 Å². The van der Waals surface area contributed by atoms with E-state index in [2.05, 4.69) is 5.10 Å². The van der Waals surface area contributed by atoms with Gasteiger partial charge in [-0.1, -0.05) is 36.4 Å². The number of carbonyl (C=O) groups excluding carboxylic acids is 1. The fourth-order valence-corrected chi connectivity index (χ4v) is 5.91. The predicted molar refractivity (Wildman–Crippen MR) is 169 cm³/mol. The number of hydrogen-bond donors (Lipinski definition) is 1. The van der Waals surface area contributed by atoms with Gasteiger partial charge in [0.2, 0.25) is 0 Å². The number of halogens is 1. The summed E-state index contributed by atoms with van der Waals surface area (Å²) >= 11 is 1.48. The minimum absolute atomic E-state index is 0.172. The van der Waals surface area contributed by atoms with Crippen LogP contribution in [0.2, 0.25) is 0 Å². The zero-order valence-electron chi connectivity index (χ0n) is 23.9. The Bertz CT molecular complexity index is 1880. The van der Waals surface area contributed by atoms with Crippen molar-refractivity contribution < 1.29 is 28.5 Å². The third kappa shape index (κ3) is 6.74. The molecule has 0 aliphatic carbocycles. The molecule has 44 heavy (non-hydrogen) atoms. The number of thiophene rings is 1. The molecule has 2 aromatic heterocycles. The van der Waals surface area contributed by atoms with Crippen molar-refractivity contribution in [2.75, 3.05) is 13.2 Å². The average Bonchev–Trinajstić information content (AvgIpc) is 3.64. The summed E-state index contributed by atoms with van der Waals surface area (Å²) in [5, 5.41) is 15.5. The molecular weight excluding hydrogens is 579 g/mol. The van der Waals surface area contributed by atoms with Crippen LogP contribution in [0.1, 0.15) is 12.5 Å². The molecule has 0 saturated carbocycles. The molecule has 6 rings (SSSR count). The van der Waals surface area contributed by atoms with E-state index in [1.165, 1.54) is 23.5 Å². The Labute approximate surface area is 257 Å². The van der Waals surface area contributed by atoms with Crippen molar-refractivity contribution in [2.24, 2.45) is 0 Å². The molecule has 6 aromatic rings. The average molecular weight is 609 g/mol. The fraction of sp³-hybridized carbons (Fsp3) is 0.143. The molecule has 0 fully saturated rings. The van der Waals surface area contributed by atoms with Crippen molar-refractivity contribution in [2.45, 2.75) is 19.9 Å². The highest BCUT2D eigenvalue weighted by molar-refractivity contribution is 7.22. The van der Waals surface area contributed by atoms with Crippen LogP contribution in [0.15, 0.2) is 103 Å². The Morgan fingerprint density at radius 1 is 0.909 bits per heavy atom. The number of fused-ring (bicyclic) bond motifs is 1. The molecule has 4 aromatic carbocycles. The lowest BCUT2D eigenvalue weighted by atomic mass is 10.1. The van der Waals surface area contributed by atoms with E-state index < -0.39 is 0 Å². The van der Waals surface area contributed by atoms with Crippen molar-refractivity contribution in [3.8, 4) is 44.7 Å². The van der Waals surface area contributed by atoms with Gasteiger partial charge in [0.05, 0.1) is 30.1 Å². The minimum Gasteiger partial charge on any atom is -0.508 e. The second kappa shape index (κ2) is 13.0. The first-order valence-electron chi connectivity index (χ1n) is 14.2. The van der Waals surface area contributed by atoms with Crippen molar-refractivity contribution in [1.29, 1.82) is 0 Å². The first-order valence-corrected chi connectivity index (χ1v) is 15.0. The van der Waals surface area contributed by atoms with Crippen LogP contribution >= 0.6 is 11.3 Å². The van der Waals surface area contributed by atoms with E-state index in [1.54, 1.807) is 31.2 Å². The second-order valence-corrected chi connectivity index (χ2v) is 11.1. The highest BCUT2D eigenvalue weighted by Crippen LogP contribution is 2.47. The molecular formula is C35H29FN2O5S. The topological polar surface area (TPSA) is 82.8 Å². The normalized spacial score (nSPS) is 11.0. The largest absolute Gasteiger partial charge is 0.508 e. The van der Waals surface area contributed by atoms with Gasteiger partial charge < -0.3 is 19.3 Å². The second-order valence-electron chi connectivity index (χ2n) is 10.0. The number of phenols is 1. The molecule has 0 radical (unpaired) electrons. The third-order valence-corrected chi connectivity index (χ3v) is 8.09. The molecule has 0 unspecified atom stereocenters. The Hall–Kier alpha value is -5.15. The van der Waals surface area contributed by atoms with Crippen LogP contribution in [0, 0.1) is 5.82 Å². The van der Waals surface area contributed by atoms with Crippen LogP contribution in [0.3, 0.4) is 0 Å². The summed E-state index contributed by atoms with van der Waals surface area (Å²) in [6.07, 6.45) is 2.16. The minimum atomic E-state index is -0.308. The molecule has 9 heteroatoms. The van der Waals surface area contributed by atoms with E-state index in [-0.39, 0.29) is 24.0 Å². The van der Waals surface area contributed by atoms with Crippen LogP contribution in [0.5, 0.6) is 23.0 Å². The van der Waals surface area contributed by atoms with Crippen LogP contribution in [-0.2, 0) is 22.5 Å². The Balaban J connectivity index is 1.07. The monoisotopic (exact) mass is 608 g/mol. The smallest absolute Gasteiger partial charge is 0.310 e. The summed E-state index contributed by atoms with van der Waals surface area (Å²) in [6.45, 7) is 3.16. The summed E-state index contributed by atoms with van der Waals surface area (Å²) in [7, 11) is 0. The van der Waals surface area contributed by atoms with E-state index in [0.29, 0.717) is 37.0 Å². The van der Waals surface area contributed by atoms with Gasteiger partial charge in [-0.3, -0.25) is 9.48 Å². The molecule has 222 valence electrons. The molecule has 0 aliphatic rings. The fourth-order valence-electron chi connectivity index (χ4n) is 4.75. The lowest BCUT2D eigenvalue weighted by Gasteiger charge is -2.10. The summed E-state index contributed by atoms with van der Waals surface area (Å²) < 4.78 is 33.6. The van der Waals surface area contributed by atoms with Crippen molar-refractivity contribution in [3.63, 3.8) is 0 Å². The SMILES string of the molecule is CCOC(=O)Cc1ccc(-c2ccn(CCOc3ccc(Oc4c(-c5ccc(F)cc5)sc5cc(O)ccc45)cc3)n2)cc1. The Morgan fingerprint density at radius 2 is 1.64 bits per heavy atom.